The predicted octanol–water partition coefficient (Wildman–Crippen LogP) is 5.51. The summed E-state index contributed by atoms with van der Waals surface area (Å²) >= 11 is 0. The Morgan fingerprint density at radius 1 is 1.20 bits per heavy atom. The standard InChI is InChI=1S/C23H30O2/c1-16(10-8-9-11-21(24)25-7)19-14-17(22(2,3)4)15-20-18(19)12-13-23(20,5)6/h8-11,14-15H,1,12-13H2,2-7H3/b10-8+,11-9+. The summed E-state index contributed by atoms with van der Waals surface area (Å²) in [5.41, 5.74) is 6.73. The molecule has 1 aromatic rings. The third kappa shape index (κ3) is 4.31. The molecular weight excluding hydrogens is 308 g/mol. The van der Waals surface area contributed by atoms with Gasteiger partial charge in [-0.2, -0.15) is 0 Å². The van der Waals surface area contributed by atoms with Crippen LogP contribution in [-0.4, -0.2) is 13.1 Å². The first-order chi connectivity index (χ1) is 11.6. The summed E-state index contributed by atoms with van der Waals surface area (Å²) in [5, 5.41) is 0. The Balaban J connectivity index is 2.42. The summed E-state index contributed by atoms with van der Waals surface area (Å²) < 4.78 is 4.60. The van der Waals surface area contributed by atoms with E-state index in [-0.39, 0.29) is 16.8 Å². The van der Waals surface area contributed by atoms with Gasteiger partial charge in [0.05, 0.1) is 7.11 Å². The summed E-state index contributed by atoms with van der Waals surface area (Å²) in [6.07, 6.45) is 9.16. The van der Waals surface area contributed by atoms with E-state index in [1.807, 2.05) is 12.2 Å². The van der Waals surface area contributed by atoms with E-state index in [4.69, 9.17) is 0 Å². The zero-order chi connectivity index (χ0) is 18.8. The lowest BCUT2D eigenvalue weighted by molar-refractivity contribution is -0.134. The van der Waals surface area contributed by atoms with Gasteiger partial charge in [-0.1, -0.05) is 71.6 Å². The molecule has 134 valence electrons. The third-order valence-corrected chi connectivity index (χ3v) is 5.03. The molecule has 0 heterocycles. The zero-order valence-corrected chi connectivity index (χ0v) is 16.4. The molecule has 1 aromatic carbocycles. The van der Waals surface area contributed by atoms with E-state index in [9.17, 15) is 4.79 Å². The van der Waals surface area contributed by atoms with Crippen molar-refractivity contribution >= 4 is 11.5 Å². The lowest BCUT2D eigenvalue weighted by atomic mass is 9.79. The van der Waals surface area contributed by atoms with Gasteiger partial charge >= 0.3 is 5.97 Å². The molecule has 0 bridgehead atoms. The van der Waals surface area contributed by atoms with E-state index < -0.39 is 0 Å². The van der Waals surface area contributed by atoms with E-state index in [1.54, 1.807) is 6.08 Å². The smallest absolute Gasteiger partial charge is 0.330 e. The number of methoxy groups -OCH3 is 1. The van der Waals surface area contributed by atoms with E-state index >= 15 is 0 Å². The van der Waals surface area contributed by atoms with Crippen LogP contribution in [0.2, 0.25) is 0 Å². The van der Waals surface area contributed by atoms with Gasteiger partial charge in [-0.25, -0.2) is 4.79 Å². The van der Waals surface area contributed by atoms with Crippen LogP contribution in [0.3, 0.4) is 0 Å². The van der Waals surface area contributed by atoms with Gasteiger partial charge in [0, 0.05) is 6.08 Å². The second kappa shape index (κ2) is 7.03. The van der Waals surface area contributed by atoms with Crippen molar-refractivity contribution in [1.82, 2.24) is 0 Å². The molecule has 1 aliphatic rings. The quantitative estimate of drug-likeness (QED) is 0.411. The van der Waals surface area contributed by atoms with Crippen LogP contribution in [-0.2, 0) is 26.8 Å². The van der Waals surface area contributed by atoms with Crippen LogP contribution < -0.4 is 0 Å². The Morgan fingerprint density at radius 2 is 1.84 bits per heavy atom. The van der Waals surface area contributed by atoms with Crippen molar-refractivity contribution in [2.45, 2.75) is 58.3 Å². The molecule has 2 rings (SSSR count). The fraction of sp³-hybridized carbons (Fsp3) is 0.435. The average Bonchev–Trinajstić information content (AvgIpc) is 2.84. The van der Waals surface area contributed by atoms with E-state index in [2.05, 4.69) is 58.1 Å². The van der Waals surface area contributed by atoms with Crippen LogP contribution >= 0.6 is 0 Å². The SMILES string of the molecule is C=C(/C=C/C=C/C(=O)OC)c1cc(C(C)(C)C)cc2c1CCC2(C)C. The number of benzene rings is 1. The lowest BCUT2D eigenvalue weighted by Gasteiger charge is -2.26. The number of carbonyl (C=O) groups is 1. The first-order valence-electron chi connectivity index (χ1n) is 8.86. The van der Waals surface area contributed by atoms with Crippen molar-refractivity contribution in [2.24, 2.45) is 0 Å². The maximum atomic E-state index is 11.1. The van der Waals surface area contributed by atoms with Gasteiger partial charge in [0.2, 0.25) is 0 Å². The molecule has 1 aliphatic carbocycles. The fourth-order valence-corrected chi connectivity index (χ4v) is 3.30. The normalized spacial score (nSPS) is 16.4. The first kappa shape index (κ1) is 19.2. The van der Waals surface area contributed by atoms with Crippen molar-refractivity contribution < 1.29 is 9.53 Å². The van der Waals surface area contributed by atoms with Gasteiger partial charge < -0.3 is 4.74 Å². The Hall–Kier alpha value is -2.09. The molecule has 0 saturated carbocycles. The molecule has 0 aromatic heterocycles. The number of allylic oxidation sites excluding steroid dienone is 4. The predicted molar refractivity (Wildman–Crippen MR) is 106 cm³/mol. The van der Waals surface area contributed by atoms with Crippen LogP contribution in [0.4, 0.5) is 0 Å². The number of carbonyl (C=O) groups excluding carboxylic acids is 1. The maximum Gasteiger partial charge on any atom is 0.330 e. The molecule has 2 nitrogen and oxygen atoms in total. The molecule has 0 fully saturated rings. The number of hydrogen-bond acceptors (Lipinski definition) is 2. The van der Waals surface area contributed by atoms with Gasteiger partial charge in [0.15, 0.2) is 0 Å². The van der Waals surface area contributed by atoms with Crippen molar-refractivity contribution in [1.29, 1.82) is 0 Å². The van der Waals surface area contributed by atoms with Crippen molar-refractivity contribution in [2.75, 3.05) is 7.11 Å². The molecule has 0 N–H and O–H groups in total. The Bertz CT molecular complexity index is 740. The van der Waals surface area contributed by atoms with E-state index in [1.165, 1.54) is 41.9 Å². The van der Waals surface area contributed by atoms with Crippen LogP contribution in [0.25, 0.3) is 5.57 Å². The fourth-order valence-electron chi connectivity index (χ4n) is 3.30. The summed E-state index contributed by atoms with van der Waals surface area (Å²) in [7, 11) is 1.37. The first-order valence-corrected chi connectivity index (χ1v) is 8.86. The molecule has 0 aliphatic heterocycles. The van der Waals surface area contributed by atoms with Crippen LogP contribution in [0.15, 0.2) is 43.0 Å². The zero-order valence-electron chi connectivity index (χ0n) is 16.4. The Kier molecular flexibility index (Phi) is 5.41. The number of fused-ring (bicyclic) bond motifs is 1. The molecule has 25 heavy (non-hydrogen) atoms. The molecule has 0 atom stereocenters. The molecule has 0 spiro atoms. The van der Waals surface area contributed by atoms with Gasteiger partial charge in [0.25, 0.3) is 0 Å². The Labute approximate surface area is 152 Å². The Morgan fingerprint density at radius 3 is 2.44 bits per heavy atom. The summed E-state index contributed by atoms with van der Waals surface area (Å²) in [6.45, 7) is 15.7. The summed E-state index contributed by atoms with van der Waals surface area (Å²) in [6, 6.07) is 4.68. The van der Waals surface area contributed by atoms with Crippen LogP contribution in [0, 0.1) is 0 Å². The molecule has 0 saturated heterocycles. The largest absolute Gasteiger partial charge is 0.466 e. The molecule has 0 amide bonds. The average molecular weight is 338 g/mol. The molecule has 0 radical (unpaired) electrons. The molecule has 2 heteroatoms. The van der Waals surface area contributed by atoms with Gasteiger partial charge in [-0.05, 0) is 51.5 Å². The van der Waals surface area contributed by atoms with Crippen LogP contribution in [0.1, 0.15) is 63.3 Å². The number of ether oxygens (including phenoxy) is 1. The highest BCUT2D eigenvalue weighted by Gasteiger charge is 2.33. The summed E-state index contributed by atoms with van der Waals surface area (Å²) in [5.74, 6) is -0.354. The number of hydrogen-bond donors (Lipinski definition) is 0. The van der Waals surface area contributed by atoms with Crippen molar-refractivity contribution in [3.05, 3.63) is 65.3 Å². The van der Waals surface area contributed by atoms with Crippen molar-refractivity contribution in [3.8, 4) is 0 Å². The van der Waals surface area contributed by atoms with Crippen LogP contribution in [0.5, 0.6) is 0 Å². The highest BCUT2D eigenvalue weighted by atomic mass is 16.5. The minimum absolute atomic E-state index is 0.0945. The molecule has 0 unspecified atom stereocenters. The van der Waals surface area contributed by atoms with Gasteiger partial charge in [-0.15, -0.1) is 0 Å². The monoisotopic (exact) mass is 338 g/mol. The highest BCUT2D eigenvalue weighted by molar-refractivity contribution is 5.82. The van der Waals surface area contributed by atoms with E-state index in [0.29, 0.717) is 0 Å². The van der Waals surface area contributed by atoms with Crippen molar-refractivity contribution in [3.63, 3.8) is 0 Å². The topological polar surface area (TPSA) is 26.3 Å². The number of esters is 1. The molecular formula is C23H30O2. The van der Waals surface area contributed by atoms with E-state index in [0.717, 1.165) is 12.0 Å². The highest BCUT2D eigenvalue weighted by Crippen LogP contribution is 2.43. The minimum atomic E-state index is -0.354. The second-order valence-corrected chi connectivity index (χ2v) is 8.45. The maximum absolute atomic E-state index is 11.1. The summed E-state index contributed by atoms with van der Waals surface area (Å²) in [4.78, 5) is 11.1. The third-order valence-electron chi connectivity index (χ3n) is 5.03. The van der Waals surface area contributed by atoms with Gasteiger partial charge in [0.1, 0.15) is 0 Å². The van der Waals surface area contributed by atoms with Gasteiger partial charge in [-0.3, -0.25) is 0 Å². The second-order valence-electron chi connectivity index (χ2n) is 8.45. The lowest BCUT2D eigenvalue weighted by Crippen LogP contribution is -2.17. The number of rotatable bonds is 4. The minimum Gasteiger partial charge on any atom is -0.466 e.